The van der Waals surface area contributed by atoms with E-state index in [2.05, 4.69) is 63.2 Å². The van der Waals surface area contributed by atoms with Crippen LogP contribution in [0.25, 0.3) is 0 Å². The molecular weight excluding hydrogens is 1170 g/mol. The molecule has 0 saturated heterocycles. The summed E-state index contributed by atoms with van der Waals surface area (Å²) >= 11 is 0. The molecule has 2 aromatic carbocycles. The molecule has 0 spiro atoms. The summed E-state index contributed by atoms with van der Waals surface area (Å²) in [5, 5.41) is 0. The molecule has 17 nitrogen and oxygen atoms in total. The predicted octanol–water partition coefficient (Wildman–Crippen LogP) is 11.3. The summed E-state index contributed by atoms with van der Waals surface area (Å²) < 4.78 is 191. The fourth-order valence-corrected chi connectivity index (χ4v) is 6.51. The van der Waals surface area contributed by atoms with E-state index in [0.29, 0.717) is 113 Å². The molecule has 5 heterocycles. The van der Waals surface area contributed by atoms with E-state index in [9.17, 15) is 60.0 Å². The molecule has 0 aliphatic carbocycles. The zero-order chi connectivity index (χ0) is 60.3. The molecule has 0 radical (unpaired) electrons. The fourth-order valence-electron chi connectivity index (χ4n) is 6.51. The van der Waals surface area contributed by atoms with Gasteiger partial charge < -0.3 is 56.8 Å². The van der Waals surface area contributed by atoms with Gasteiger partial charge in [-0.1, -0.05) is 6.07 Å². The summed E-state index contributed by atoms with van der Waals surface area (Å²) in [5.41, 5.74) is 3.90. The Hall–Kier alpha value is -6.19. The van der Waals surface area contributed by atoms with Gasteiger partial charge in [-0.05, 0) is 71.5 Å². The maximum atomic E-state index is 13.0. The molecule has 7 rings (SSSR count). The number of pyridine rings is 3. The molecular formula is C51H63F12N3O14P2. The second-order valence-electron chi connectivity index (χ2n) is 17.4. The van der Waals surface area contributed by atoms with Crippen LogP contribution in [-0.2, 0) is 78.0 Å². The molecule has 460 valence electrons. The fraction of sp³-hybridized carbons (Fsp3) is 0.431. The van der Waals surface area contributed by atoms with Crippen molar-refractivity contribution in [3.63, 3.8) is 0 Å². The van der Waals surface area contributed by atoms with Crippen LogP contribution < -0.4 is 28.1 Å². The van der Waals surface area contributed by atoms with Gasteiger partial charge in [-0.2, -0.15) is 0 Å². The molecule has 0 N–H and O–H groups in total. The second kappa shape index (κ2) is 30.4. The summed E-state index contributed by atoms with van der Waals surface area (Å²) in [6.07, 6.45) is 10.6. The number of nitrogens with zero attached hydrogens (tertiary/aromatic N) is 3. The monoisotopic (exact) mass is 1230 g/mol. The number of aromatic nitrogens is 3. The Morgan fingerprint density at radius 1 is 0.378 bits per heavy atom. The molecule has 0 saturated carbocycles. The third kappa shape index (κ3) is 37.0. The van der Waals surface area contributed by atoms with E-state index in [1.807, 2.05) is 14.1 Å². The number of carbonyl (C=O) groups is 2. The van der Waals surface area contributed by atoms with E-state index in [1.54, 1.807) is 36.4 Å². The summed E-state index contributed by atoms with van der Waals surface area (Å²) in [5.74, 6) is 0.551. The third-order valence-corrected chi connectivity index (χ3v) is 10.1. The van der Waals surface area contributed by atoms with Crippen LogP contribution in [-0.4, -0.2) is 123 Å². The van der Waals surface area contributed by atoms with Crippen LogP contribution >= 0.6 is 15.6 Å². The Kier molecular flexibility index (Phi) is 25.3. The van der Waals surface area contributed by atoms with Gasteiger partial charge in [-0.3, -0.25) is 0 Å². The summed E-state index contributed by atoms with van der Waals surface area (Å²) in [7, 11) is -17.2. The summed E-state index contributed by atoms with van der Waals surface area (Å²) in [6, 6.07) is 23.6. The number of hydrogen-bond acceptors (Lipinski definition) is 15. The summed E-state index contributed by atoms with van der Waals surface area (Å²) in [6.45, 7) is 5.30. The quantitative estimate of drug-likeness (QED) is 0.0724. The smallest absolute Gasteiger partial charge is 0.357 e. The van der Waals surface area contributed by atoms with Gasteiger partial charge in [-0.25, -0.2) is 23.7 Å². The van der Waals surface area contributed by atoms with Gasteiger partial charge in [0.1, 0.15) is 88.1 Å². The zero-order valence-electron chi connectivity index (χ0n) is 44.4. The van der Waals surface area contributed by atoms with Crippen molar-refractivity contribution < 1.29 is 126 Å². The minimum absolute atomic E-state index is 0.0579. The van der Waals surface area contributed by atoms with Crippen LogP contribution in [0.4, 0.5) is 50.4 Å². The number of hydrogen-bond donors (Lipinski definition) is 0. The van der Waals surface area contributed by atoms with Crippen molar-refractivity contribution in [2.45, 2.75) is 26.1 Å². The van der Waals surface area contributed by atoms with Crippen molar-refractivity contribution in [3.05, 3.63) is 137 Å². The Balaban J connectivity index is 0.000000388. The first-order chi connectivity index (χ1) is 38.3. The molecule has 31 heteroatoms. The topological polar surface area (TPSA) is 166 Å². The predicted molar refractivity (Wildman–Crippen MR) is 272 cm³/mol. The number of aryl methyl sites for hydroxylation is 4. The Morgan fingerprint density at radius 3 is 0.878 bits per heavy atom. The van der Waals surface area contributed by atoms with Crippen molar-refractivity contribution >= 4 is 27.6 Å². The molecule has 2 aliphatic rings. The van der Waals surface area contributed by atoms with Crippen molar-refractivity contribution in [2.75, 3.05) is 106 Å². The molecule has 2 aliphatic heterocycles. The van der Waals surface area contributed by atoms with Gasteiger partial charge in [0.25, 0.3) is 0 Å². The summed E-state index contributed by atoms with van der Waals surface area (Å²) in [4.78, 5) is 30.3. The van der Waals surface area contributed by atoms with E-state index in [4.69, 9.17) is 56.8 Å². The van der Waals surface area contributed by atoms with Crippen molar-refractivity contribution in [1.29, 1.82) is 0 Å². The van der Waals surface area contributed by atoms with Crippen LogP contribution in [0, 0.1) is 0 Å². The van der Waals surface area contributed by atoms with Gasteiger partial charge in [-0.15, -0.1) is 0 Å². The van der Waals surface area contributed by atoms with Gasteiger partial charge >= 0.3 is 77.9 Å². The molecule has 8 bridgehead atoms. The van der Waals surface area contributed by atoms with Crippen LogP contribution in [0.3, 0.4) is 0 Å². The first-order valence-corrected chi connectivity index (χ1v) is 28.9. The Bertz CT molecular complexity index is 2490. The number of fused-ring (bicyclic) bond motifs is 8. The minimum Gasteiger partial charge on any atom is -0.491 e. The van der Waals surface area contributed by atoms with Crippen LogP contribution in [0.2, 0.25) is 0 Å². The number of esters is 2. The first kappa shape index (κ1) is 68.3. The Morgan fingerprint density at radius 2 is 0.622 bits per heavy atom. The van der Waals surface area contributed by atoms with Crippen LogP contribution in [0.15, 0.2) is 104 Å². The van der Waals surface area contributed by atoms with Crippen LogP contribution in [0.5, 0.6) is 23.0 Å². The van der Waals surface area contributed by atoms with Crippen molar-refractivity contribution in [2.24, 2.45) is 14.1 Å². The van der Waals surface area contributed by atoms with Gasteiger partial charge in [0, 0.05) is 36.4 Å². The van der Waals surface area contributed by atoms with E-state index >= 15 is 0 Å². The van der Waals surface area contributed by atoms with E-state index in [0.717, 1.165) is 12.8 Å². The van der Waals surface area contributed by atoms with E-state index < -0.39 is 27.6 Å². The zero-order valence-corrected chi connectivity index (χ0v) is 46.2. The normalized spacial score (nSPS) is 17.8. The Labute approximate surface area is 463 Å². The molecule has 0 atom stereocenters. The molecule has 0 amide bonds. The van der Waals surface area contributed by atoms with Gasteiger partial charge in [0.15, 0.2) is 24.8 Å². The molecule has 3 aromatic heterocycles. The van der Waals surface area contributed by atoms with E-state index in [1.165, 1.54) is 29.3 Å². The SMILES string of the molecule is C[n+]1ccc(CCc2cc[n+](C)cc2)cc1.F[P-](F)(F)(F)(F)F.F[P-](F)(F)(F)(F)F.O=C1OCc2cc3cc(c2)OCCOCCOCCOCCOc2cc(cc(c2)OCCOCCOCCOCCO3)COC(=O)c2cccc1n2. The maximum Gasteiger partial charge on any atom is 0.357 e. The van der Waals surface area contributed by atoms with Crippen molar-refractivity contribution in [1.82, 2.24) is 4.98 Å². The second-order valence-corrected chi connectivity index (χ2v) is 21.2. The number of carbonyl (C=O) groups excluding carboxylic acids is 2. The number of benzene rings is 2. The molecule has 0 unspecified atom stereocenters. The maximum absolute atomic E-state index is 13.0. The van der Waals surface area contributed by atoms with E-state index in [-0.39, 0.29) is 51.0 Å². The molecule has 0 fully saturated rings. The number of halogens is 12. The van der Waals surface area contributed by atoms with Crippen LogP contribution in [0.1, 0.15) is 43.2 Å². The molecule has 82 heavy (non-hydrogen) atoms. The largest absolute Gasteiger partial charge is 0.491 e. The average molecular weight is 1230 g/mol. The number of ether oxygens (including phenoxy) is 12. The van der Waals surface area contributed by atoms with Crippen molar-refractivity contribution in [3.8, 4) is 23.0 Å². The van der Waals surface area contributed by atoms with Gasteiger partial charge in [0.2, 0.25) is 0 Å². The third-order valence-electron chi connectivity index (χ3n) is 10.1. The average Bonchev–Trinajstić information content (AvgIpc) is 3.57. The molecule has 5 aromatic rings. The first-order valence-electron chi connectivity index (χ1n) is 24.8. The minimum atomic E-state index is -10.7. The van der Waals surface area contributed by atoms with Gasteiger partial charge in [0.05, 0.1) is 79.3 Å². The standard InChI is InChI=1S/C37H45NO14.C14H18N2.2F6P/c39-36-34-2-1-3-35(38-34)37(40)52-27-29-22-32-25-33(23-29)50-19-15-46-11-7-42-5-9-44-13-17-48-31-21-28(26-51-36)20-30(24-31)47-16-12-43-8-4-41-6-10-45-14-18-49-32;1-15-9-5-13(6-10-15)3-4-14-7-11-16(2)12-8-14;2*1-7(2,3,4,5)6/h1-3,20-25H,4-19,26-27H2;5-12H,3-4H2,1-2H3;;/q;+2;2*-1. The number of rotatable bonds is 3.